The molecule has 1 heterocycles. The molecule has 1 amide bonds. The Kier molecular flexibility index (Phi) is 8.92. The quantitative estimate of drug-likeness (QED) is 0.431. The second-order valence-corrected chi connectivity index (χ2v) is 7.96. The normalized spacial score (nSPS) is 18.2. The smallest absolute Gasteiger partial charge is 0.303 e. The molecule has 0 aromatic heterocycles. The molecule has 154 valence electrons. The summed E-state index contributed by atoms with van der Waals surface area (Å²) >= 11 is 1.61. The van der Waals surface area contributed by atoms with Crippen LogP contribution in [0.1, 0.15) is 31.2 Å². The predicted octanol–water partition coefficient (Wildman–Crippen LogP) is 3.01. The van der Waals surface area contributed by atoms with Gasteiger partial charge in [0.15, 0.2) is 0 Å². The fourth-order valence-electron chi connectivity index (χ4n) is 3.13. The highest BCUT2D eigenvalue weighted by atomic mass is 32.2. The number of carbonyl (C=O) groups is 2. The minimum absolute atomic E-state index is 0.0578. The molecule has 0 aliphatic carbocycles. The minimum Gasteiger partial charge on any atom is -0.481 e. The zero-order valence-electron chi connectivity index (χ0n) is 15.5. The lowest BCUT2D eigenvalue weighted by atomic mass is 10.1. The van der Waals surface area contributed by atoms with Gasteiger partial charge in [0, 0.05) is 37.6 Å². The maximum absolute atomic E-state index is 13.2. The van der Waals surface area contributed by atoms with Crippen molar-refractivity contribution in [3.05, 3.63) is 47.5 Å². The van der Waals surface area contributed by atoms with Crippen molar-refractivity contribution in [2.75, 3.05) is 18.1 Å². The standard InChI is InChI=1S/C20H25F2NO4S/c21-15-10-14(11-16(22)13-15)12-18(24)5-3-17-4-6-19(25)23(17)7-9-28-8-1-2-20(26)27/h3,5,10-11,13,17-18,24H,1-2,4,6-9,12H2,(H,26,27)/b5-3+/t17-,18+/m0/s1. The van der Waals surface area contributed by atoms with Gasteiger partial charge in [0.25, 0.3) is 0 Å². The molecule has 0 spiro atoms. The second-order valence-electron chi connectivity index (χ2n) is 6.74. The van der Waals surface area contributed by atoms with Gasteiger partial charge < -0.3 is 15.1 Å². The molecular formula is C20H25F2NO4S. The van der Waals surface area contributed by atoms with Crippen LogP contribution >= 0.6 is 11.8 Å². The zero-order valence-corrected chi connectivity index (χ0v) is 16.3. The molecule has 1 aliphatic heterocycles. The third-order valence-corrected chi connectivity index (χ3v) is 5.50. The summed E-state index contributed by atoms with van der Waals surface area (Å²) in [5.74, 6) is -0.653. The summed E-state index contributed by atoms with van der Waals surface area (Å²) in [4.78, 5) is 24.3. The highest BCUT2D eigenvalue weighted by molar-refractivity contribution is 7.99. The number of carboxylic acids is 1. The Morgan fingerprint density at radius 2 is 2.00 bits per heavy atom. The summed E-state index contributed by atoms with van der Waals surface area (Å²) < 4.78 is 26.4. The number of thioether (sulfide) groups is 1. The van der Waals surface area contributed by atoms with Crippen molar-refractivity contribution in [1.29, 1.82) is 0 Å². The Morgan fingerprint density at radius 1 is 1.29 bits per heavy atom. The average Bonchev–Trinajstić information content (AvgIpc) is 2.95. The lowest BCUT2D eigenvalue weighted by Crippen LogP contribution is -2.34. The molecule has 1 aromatic carbocycles. The van der Waals surface area contributed by atoms with E-state index in [0.29, 0.717) is 31.4 Å². The van der Waals surface area contributed by atoms with Crippen molar-refractivity contribution in [2.24, 2.45) is 0 Å². The monoisotopic (exact) mass is 413 g/mol. The van der Waals surface area contributed by atoms with Gasteiger partial charge in [-0.2, -0.15) is 11.8 Å². The number of hydrogen-bond acceptors (Lipinski definition) is 4. The van der Waals surface area contributed by atoms with Crippen LogP contribution in [0.5, 0.6) is 0 Å². The van der Waals surface area contributed by atoms with E-state index in [0.717, 1.165) is 17.6 Å². The van der Waals surface area contributed by atoms with E-state index in [-0.39, 0.29) is 24.8 Å². The maximum Gasteiger partial charge on any atom is 0.303 e. The lowest BCUT2D eigenvalue weighted by molar-refractivity contribution is -0.137. The van der Waals surface area contributed by atoms with Crippen LogP contribution in [0.15, 0.2) is 30.4 Å². The number of halogens is 2. The first-order valence-electron chi connectivity index (χ1n) is 9.25. The van der Waals surface area contributed by atoms with E-state index < -0.39 is 23.7 Å². The predicted molar refractivity (Wildman–Crippen MR) is 104 cm³/mol. The SMILES string of the molecule is O=C(O)CCCSCCN1C(=O)CC[C@@H]1/C=C/[C@@H](O)Cc1cc(F)cc(F)c1. The first-order chi connectivity index (χ1) is 13.3. The first kappa shape index (κ1) is 22.4. The lowest BCUT2D eigenvalue weighted by Gasteiger charge is -2.22. The van der Waals surface area contributed by atoms with Crippen molar-refractivity contribution in [3.63, 3.8) is 0 Å². The van der Waals surface area contributed by atoms with Gasteiger partial charge in [-0.1, -0.05) is 12.2 Å². The Balaban J connectivity index is 1.80. The number of aliphatic carboxylic acids is 1. The topological polar surface area (TPSA) is 77.8 Å². The van der Waals surface area contributed by atoms with Crippen molar-refractivity contribution < 1.29 is 28.6 Å². The number of amides is 1. The van der Waals surface area contributed by atoms with E-state index in [1.807, 2.05) is 0 Å². The summed E-state index contributed by atoms with van der Waals surface area (Å²) in [6, 6.07) is 3.05. The molecule has 8 heteroatoms. The molecule has 5 nitrogen and oxygen atoms in total. The number of nitrogens with zero attached hydrogens (tertiary/aromatic N) is 1. The van der Waals surface area contributed by atoms with E-state index in [9.17, 15) is 23.5 Å². The Morgan fingerprint density at radius 3 is 2.68 bits per heavy atom. The van der Waals surface area contributed by atoms with Gasteiger partial charge >= 0.3 is 5.97 Å². The molecule has 2 atom stereocenters. The largest absolute Gasteiger partial charge is 0.481 e. The van der Waals surface area contributed by atoms with Gasteiger partial charge in [-0.05, 0) is 36.3 Å². The molecular weight excluding hydrogens is 388 g/mol. The zero-order chi connectivity index (χ0) is 20.5. The van der Waals surface area contributed by atoms with Crippen LogP contribution in [0, 0.1) is 11.6 Å². The van der Waals surface area contributed by atoms with E-state index in [1.54, 1.807) is 28.8 Å². The molecule has 1 fully saturated rings. The van der Waals surface area contributed by atoms with Gasteiger partial charge in [-0.3, -0.25) is 9.59 Å². The van der Waals surface area contributed by atoms with Crippen molar-refractivity contribution >= 4 is 23.6 Å². The van der Waals surface area contributed by atoms with Crippen LogP contribution < -0.4 is 0 Å². The molecule has 0 saturated carbocycles. The van der Waals surface area contributed by atoms with Crippen molar-refractivity contribution in [3.8, 4) is 0 Å². The third-order valence-electron chi connectivity index (χ3n) is 4.45. The van der Waals surface area contributed by atoms with Crippen LogP contribution in [0.3, 0.4) is 0 Å². The minimum atomic E-state index is -0.899. The molecule has 2 N–H and O–H groups in total. The first-order valence-corrected chi connectivity index (χ1v) is 10.4. The number of aliphatic hydroxyl groups excluding tert-OH is 1. The molecule has 0 unspecified atom stereocenters. The van der Waals surface area contributed by atoms with Crippen LogP contribution in [-0.4, -0.2) is 57.2 Å². The Hall–Kier alpha value is -1.93. The van der Waals surface area contributed by atoms with E-state index >= 15 is 0 Å². The highest BCUT2D eigenvalue weighted by Gasteiger charge is 2.28. The highest BCUT2D eigenvalue weighted by Crippen LogP contribution is 2.21. The summed E-state index contributed by atoms with van der Waals surface area (Å²) in [6.07, 6.45) is 4.40. The number of hydrogen-bond donors (Lipinski definition) is 2. The van der Waals surface area contributed by atoms with E-state index in [2.05, 4.69) is 0 Å². The molecule has 0 bridgehead atoms. The second kappa shape index (κ2) is 11.2. The summed E-state index contributed by atoms with van der Waals surface area (Å²) in [7, 11) is 0. The Bertz CT molecular complexity index is 693. The van der Waals surface area contributed by atoms with Gasteiger partial charge in [-0.25, -0.2) is 8.78 Å². The summed E-state index contributed by atoms with van der Waals surface area (Å²) in [5, 5.41) is 18.7. The van der Waals surface area contributed by atoms with E-state index in [4.69, 9.17) is 5.11 Å². The van der Waals surface area contributed by atoms with Crippen LogP contribution in [0.2, 0.25) is 0 Å². The van der Waals surface area contributed by atoms with Gasteiger partial charge in [-0.15, -0.1) is 0 Å². The molecule has 28 heavy (non-hydrogen) atoms. The fourth-order valence-corrected chi connectivity index (χ4v) is 4.01. The number of likely N-dealkylation sites (tertiary alicyclic amines) is 1. The number of carbonyl (C=O) groups excluding carboxylic acids is 1. The number of rotatable bonds is 11. The third kappa shape index (κ3) is 7.59. The average molecular weight is 413 g/mol. The molecule has 0 radical (unpaired) electrons. The number of carboxylic acid groups (broad SMARTS) is 1. The Labute approximate surface area is 167 Å². The fraction of sp³-hybridized carbons (Fsp3) is 0.500. The number of aliphatic hydroxyl groups is 1. The van der Waals surface area contributed by atoms with Gasteiger partial charge in [0.05, 0.1) is 12.1 Å². The molecule has 1 aromatic rings. The van der Waals surface area contributed by atoms with Crippen LogP contribution in [0.4, 0.5) is 8.78 Å². The van der Waals surface area contributed by atoms with Gasteiger partial charge in [0.1, 0.15) is 11.6 Å². The van der Waals surface area contributed by atoms with E-state index in [1.165, 1.54) is 12.1 Å². The van der Waals surface area contributed by atoms with Crippen molar-refractivity contribution in [1.82, 2.24) is 4.90 Å². The van der Waals surface area contributed by atoms with Crippen molar-refractivity contribution in [2.45, 2.75) is 44.2 Å². The molecule has 1 saturated heterocycles. The van der Waals surface area contributed by atoms with Crippen LogP contribution in [-0.2, 0) is 16.0 Å². The summed E-state index contributed by atoms with van der Waals surface area (Å²) in [6.45, 7) is 0.566. The molecule has 2 rings (SSSR count). The van der Waals surface area contributed by atoms with Crippen LogP contribution in [0.25, 0.3) is 0 Å². The number of benzene rings is 1. The maximum atomic E-state index is 13.2. The van der Waals surface area contributed by atoms with Gasteiger partial charge in [0.2, 0.25) is 5.91 Å². The molecule has 1 aliphatic rings. The summed E-state index contributed by atoms with van der Waals surface area (Å²) in [5.41, 5.74) is 0.367.